The average molecular weight is 247 g/mol. The van der Waals surface area contributed by atoms with Crippen molar-refractivity contribution in [1.82, 2.24) is 9.88 Å². The molecule has 0 radical (unpaired) electrons. The van der Waals surface area contributed by atoms with E-state index < -0.39 is 0 Å². The third kappa shape index (κ3) is 3.30. The predicted octanol–water partition coefficient (Wildman–Crippen LogP) is 2.69. The van der Waals surface area contributed by atoms with Crippen LogP contribution >= 0.6 is 0 Å². The highest BCUT2D eigenvalue weighted by atomic mass is 15.1. The minimum absolute atomic E-state index is 0.540. The Hall–Kier alpha value is -0.930. The van der Waals surface area contributed by atoms with E-state index in [0.29, 0.717) is 6.54 Å². The summed E-state index contributed by atoms with van der Waals surface area (Å²) in [5.41, 5.74) is 8.11. The first kappa shape index (κ1) is 13.5. The second-order valence-corrected chi connectivity index (χ2v) is 5.17. The normalized spacial score (nSPS) is 17.3. The van der Waals surface area contributed by atoms with Gasteiger partial charge in [0.15, 0.2) is 0 Å². The molecule has 1 aliphatic carbocycles. The Balaban J connectivity index is 2.04. The lowest BCUT2D eigenvalue weighted by Gasteiger charge is -2.33. The van der Waals surface area contributed by atoms with Gasteiger partial charge in [-0.2, -0.15) is 0 Å². The SMILES string of the molecule is CCN(Cc1cccnc1CN)C1CCCCC1. The summed E-state index contributed by atoms with van der Waals surface area (Å²) in [6, 6.07) is 4.94. The Morgan fingerprint density at radius 3 is 2.78 bits per heavy atom. The molecule has 0 amide bonds. The van der Waals surface area contributed by atoms with Gasteiger partial charge in [-0.25, -0.2) is 0 Å². The quantitative estimate of drug-likeness (QED) is 0.870. The van der Waals surface area contributed by atoms with Crippen molar-refractivity contribution in [3.63, 3.8) is 0 Å². The topological polar surface area (TPSA) is 42.2 Å². The van der Waals surface area contributed by atoms with Crippen molar-refractivity contribution < 1.29 is 0 Å². The Bertz CT molecular complexity index is 359. The first-order valence-electron chi connectivity index (χ1n) is 7.22. The van der Waals surface area contributed by atoms with Crippen LogP contribution < -0.4 is 5.73 Å². The third-order valence-corrected chi connectivity index (χ3v) is 4.05. The van der Waals surface area contributed by atoms with Gasteiger partial charge < -0.3 is 5.73 Å². The smallest absolute Gasteiger partial charge is 0.0584 e. The van der Waals surface area contributed by atoms with E-state index in [-0.39, 0.29) is 0 Å². The van der Waals surface area contributed by atoms with Crippen molar-refractivity contribution in [2.24, 2.45) is 5.73 Å². The monoisotopic (exact) mass is 247 g/mol. The lowest BCUT2D eigenvalue weighted by molar-refractivity contribution is 0.155. The first-order chi connectivity index (χ1) is 8.85. The van der Waals surface area contributed by atoms with Crippen LogP contribution in [0.4, 0.5) is 0 Å². The van der Waals surface area contributed by atoms with Crippen LogP contribution in [0.15, 0.2) is 18.3 Å². The van der Waals surface area contributed by atoms with Gasteiger partial charge in [0.2, 0.25) is 0 Å². The van der Waals surface area contributed by atoms with Crippen LogP contribution in [0, 0.1) is 0 Å². The maximum absolute atomic E-state index is 5.77. The van der Waals surface area contributed by atoms with Crippen molar-refractivity contribution in [3.8, 4) is 0 Å². The van der Waals surface area contributed by atoms with Gasteiger partial charge in [0.05, 0.1) is 5.69 Å². The molecular formula is C15H25N3. The third-order valence-electron chi connectivity index (χ3n) is 4.05. The van der Waals surface area contributed by atoms with Crippen LogP contribution in [0.3, 0.4) is 0 Å². The molecule has 1 aliphatic rings. The molecule has 1 fully saturated rings. The molecule has 0 unspecified atom stereocenters. The molecule has 18 heavy (non-hydrogen) atoms. The summed E-state index contributed by atoms with van der Waals surface area (Å²) in [6.07, 6.45) is 8.73. The minimum atomic E-state index is 0.540. The zero-order valence-corrected chi connectivity index (χ0v) is 11.4. The summed E-state index contributed by atoms with van der Waals surface area (Å²) in [7, 11) is 0. The molecule has 2 N–H and O–H groups in total. The maximum atomic E-state index is 5.77. The molecule has 2 rings (SSSR count). The molecule has 3 nitrogen and oxygen atoms in total. The number of hydrogen-bond donors (Lipinski definition) is 1. The Labute approximate surface area is 110 Å². The summed E-state index contributed by atoms with van der Waals surface area (Å²) in [4.78, 5) is 6.97. The van der Waals surface area contributed by atoms with Crippen molar-refractivity contribution >= 4 is 0 Å². The molecule has 0 aliphatic heterocycles. The minimum Gasteiger partial charge on any atom is -0.325 e. The second-order valence-electron chi connectivity index (χ2n) is 5.17. The van der Waals surface area contributed by atoms with Crippen LogP contribution in [0.25, 0.3) is 0 Å². The lowest BCUT2D eigenvalue weighted by Crippen LogP contribution is -2.36. The standard InChI is InChI=1S/C15H25N3/c1-2-18(14-8-4-3-5-9-14)12-13-7-6-10-17-15(13)11-16/h6-7,10,14H,2-5,8-9,11-12,16H2,1H3. The van der Waals surface area contributed by atoms with Gasteiger partial charge >= 0.3 is 0 Å². The fourth-order valence-electron chi connectivity index (χ4n) is 2.96. The van der Waals surface area contributed by atoms with E-state index in [1.165, 1.54) is 37.7 Å². The van der Waals surface area contributed by atoms with E-state index >= 15 is 0 Å². The summed E-state index contributed by atoms with van der Waals surface area (Å²) in [5.74, 6) is 0. The highest BCUT2D eigenvalue weighted by Gasteiger charge is 2.20. The van der Waals surface area contributed by atoms with Gasteiger partial charge in [0, 0.05) is 25.3 Å². The van der Waals surface area contributed by atoms with Gasteiger partial charge in [-0.1, -0.05) is 32.3 Å². The van der Waals surface area contributed by atoms with Crippen LogP contribution in [-0.2, 0) is 13.1 Å². The molecular weight excluding hydrogens is 222 g/mol. The van der Waals surface area contributed by atoms with E-state index in [4.69, 9.17) is 5.73 Å². The summed E-state index contributed by atoms with van der Waals surface area (Å²) < 4.78 is 0. The summed E-state index contributed by atoms with van der Waals surface area (Å²) >= 11 is 0. The molecule has 0 saturated heterocycles. The van der Waals surface area contributed by atoms with Gasteiger partial charge in [0.25, 0.3) is 0 Å². The van der Waals surface area contributed by atoms with Crippen molar-refractivity contribution in [2.45, 2.75) is 58.2 Å². The highest BCUT2D eigenvalue weighted by Crippen LogP contribution is 2.24. The number of nitrogens with two attached hydrogens (primary N) is 1. The molecule has 1 aromatic rings. The van der Waals surface area contributed by atoms with Crippen LogP contribution in [0.5, 0.6) is 0 Å². The van der Waals surface area contributed by atoms with Crippen LogP contribution in [0.2, 0.25) is 0 Å². The van der Waals surface area contributed by atoms with Crippen LogP contribution in [-0.4, -0.2) is 22.5 Å². The largest absolute Gasteiger partial charge is 0.325 e. The van der Waals surface area contributed by atoms with Crippen molar-refractivity contribution in [1.29, 1.82) is 0 Å². The van der Waals surface area contributed by atoms with E-state index in [2.05, 4.69) is 22.9 Å². The Morgan fingerprint density at radius 1 is 1.33 bits per heavy atom. The average Bonchev–Trinajstić information content (AvgIpc) is 2.46. The fraction of sp³-hybridized carbons (Fsp3) is 0.667. The molecule has 0 atom stereocenters. The van der Waals surface area contributed by atoms with E-state index in [1.54, 1.807) is 0 Å². The number of nitrogens with zero attached hydrogens (tertiary/aromatic N) is 2. The summed E-state index contributed by atoms with van der Waals surface area (Å²) in [6.45, 7) is 4.91. The second kappa shape index (κ2) is 6.86. The Kier molecular flexibility index (Phi) is 5.14. The predicted molar refractivity (Wildman–Crippen MR) is 75.1 cm³/mol. The number of hydrogen-bond acceptors (Lipinski definition) is 3. The van der Waals surface area contributed by atoms with Crippen molar-refractivity contribution in [2.75, 3.05) is 6.54 Å². The molecule has 0 bridgehead atoms. The summed E-state index contributed by atoms with van der Waals surface area (Å²) in [5, 5.41) is 0. The zero-order chi connectivity index (χ0) is 12.8. The fourth-order valence-corrected chi connectivity index (χ4v) is 2.96. The maximum Gasteiger partial charge on any atom is 0.0584 e. The number of aromatic nitrogens is 1. The first-order valence-corrected chi connectivity index (χ1v) is 7.22. The van der Waals surface area contributed by atoms with Gasteiger partial charge in [-0.05, 0) is 31.0 Å². The Morgan fingerprint density at radius 2 is 2.11 bits per heavy atom. The molecule has 1 saturated carbocycles. The molecule has 1 heterocycles. The zero-order valence-electron chi connectivity index (χ0n) is 11.4. The van der Waals surface area contributed by atoms with Crippen LogP contribution in [0.1, 0.15) is 50.3 Å². The van der Waals surface area contributed by atoms with Gasteiger partial charge in [-0.15, -0.1) is 0 Å². The van der Waals surface area contributed by atoms with Gasteiger partial charge in [0.1, 0.15) is 0 Å². The molecule has 100 valence electrons. The molecule has 0 spiro atoms. The van der Waals surface area contributed by atoms with Crippen molar-refractivity contribution in [3.05, 3.63) is 29.6 Å². The lowest BCUT2D eigenvalue weighted by atomic mass is 9.94. The van der Waals surface area contributed by atoms with E-state index in [0.717, 1.165) is 24.8 Å². The molecule has 1 aromatic heterocycles. The van der Waals surface area contributed by atoms with E-state index in [1.807, 2.05) is 12.3 Å². The molecule has 3 heteroatoms. The van der Waals surface area contributed by atoms with Gasteiger partial charge in [-0.3, -0.25) is 9.88 Å². The number of pyridine rings is 1. The number of rotatable bonds is 5. The highest BCUT2D eigenvalue weighted by molar-refractivity contribution is 5.19. The van der Waals surface area contributed by atoms with E-state index in [9.17, 15) is 0 Å². The molecule has 0 aromatic carbocycles.